The number of aliphatic hydroxyl groups is 1. The lowest BCUT2D eigenvalue weighted by molar-refractivity contribution is 0.0227. The molecule has 0 heterocycles. The maximum Gasteiger partial charge on any atom is 0.134 e. The molecule has 1 aliphatic rings. The van der Waals surface area contributed by atoms with Crippen LogP contribution in [0.1, 0.15) is 11.1 Å². The Labute approximate surface area is 118 Å². The minimum Gasteiger partial charge on any atom is -0.378 e. The Morgan fingerprint density at radius 2 is 1.20 bits per heavy atom. The van der Waals surface area contributed by atoms with Crippen LogP contribution < -0.4 is 5.73 Å². The molecule has 0 aliphatic heterocycles. The summed E-state index contributed by atoms with van der Waals surface area (Å²) in [5.41, 5.74) is 6.03. The third kappa shape index (κ3) is 1.82. The van der Waals surface area contributed by atoms with Crippen LogP contribution in [-0.2, 0) is 11.1 Å². The van der Waals surface area contributed by atoms with E-state index < -0.39 is 11.1 Å². The van der Waals surface area contributed by atoms with Gasteiger partial charge in [-0.15, -0.1) is 0 Å². The molecule has 2 aromatic carbocycles. The quantitative estimate of drug-likeness (QED) is 0.875. The fraction of sp³-hybridized carbons (Fsp3) is 0.111. The summed E-state index contributed by atoms with van der Waals surface area (Å²) in [4.78, 5) is 0. The minimum absolute atomic E-state index is 0.784. The average Bonchev–Trinajstić information content (AvgIpc) is 2.52. The van der Waals surface area contributed by atoms with Gasteiger partial charge in [-0.3, -0.25) is 0 Å². The number of hydrogen-bond acceptors (Lipinski definition) is 2. The summed E-state index contributed by atoms with van der Waals surface area (Å²) >= 11 is 0. The Kier molecular flexibility index (Phi) is 3.05. The van der Waals surface area contributed by atoms with Crippen molar-refractivity contribution in [2.75, 3.05) is 0 Å². The molecular weight excluding hydrogens is 246 g/mol. The smallest absolute Gasteiger partial charge is 0.134 e. The topological polar surface area (TPSA) is 46.2 Å². The summed E-state index contributed by atoms with van der Waals surface area (Å²) in [5.74, 6) is 0. The van der Waals surface area contributed by atoms with Gasteiger partial charge in [0.25, 0.3) is 0 Å². The Morgan fingerprint density at radius 1 is 0.700 bits per heavy atom. The molecule has 3 rings (SSSR count). The average molecular weight is 263 g/mol. The Bertz CT molecular complexity index is 588. The molecule has 0 radical (unpaired) electrons. The first kappa shape index (κ1) is 12.9. The molecule has 0 saturated carbocycles. The molecule has 2 atom stereocenters. The van der Waals surface area contributed by atoms with E-state index in [1.54, 1.807) is 6.08 Å². The largest absolute Gasteiger partial charge is 0.378 e. The van der Waals surface area contributed by atoms with Gasteiger partial charge >= 0.3 is 0 Å². The first-order valence-corrected chi connectivity index (χ1v) is 6.66. The van der Waals surface area contributed by atoms with Gasteiger partial charge in [-0.05, 0) is 17.2 Å². The molecule has 3 N–H and O–H groups in total. The number of rotatable bonds is 2. The number of benzene rings is 2. The van der Waals surface area contributed by atoms with Crippen LogP contribution in [0.5, 0.6) is 0 Å². The van der Waals surface area contributed by atoms with Crippen LogP contribution in [0.3, 0.4) is 0 Å². The molecule has 0 spiro atoms. The van der Waals surface area contributed by atoms with Crippen LogP contribution in [0, 0.1) is 0 Å². The Morgan fingerprint density at radius 3 is 1.80 bits per heavy atom. The van der Waals surface area contributed by atoms with Crippen molar-refractivity contribution >= 4 is 0 Å². The summed E-state index contributed by atoms with van der Waals surface area (Å²) in [6.45, 7) is 0. The zero-order chi connectivity index (χ0) is 14.1. The summed E-state index contributed by atoms with van der Waals surface area (Å²) in [6.07, 6.45) is 7.33. The van der Waals surface area contributed by atoms with Gasteiger partial charge in [-0.2, -0.15) is 0 Å². The standard InChI is InChI=1S/C18H17NO/c19-17(15-9-3-1-4-10-15)13-7-8-14-18(17,20)16-11-5-2-6-12-16/h1-14,20H,19H2/t17-,18+/m1/s1. The van der Waals surface area contributed by atoms with Crippen molar-refractivity contribution in [2.24, 2.45) is 5.73 Å². The van der Waals surface area contributed by atoms with E-state index in [1.807, 2.05) is 78.9 Å². The lowest BCUT2D eigenvalue weighted by Gasteiger charge is -2.43. The van der Waals surface area contributed by atoms with E-state index in [0.29, 0.717) is 0 Å². The van der Waals surface area contributed by atoms with E-state index in [-0.39, 0.29) is 0 Å². The van der Waals surface area contributed by atoms with E-state index in [1.165, 1.54) is 0 Å². The highest BCUT2D eigenvalue weighted by molar-refractivity contribution is 5.46. The zero-order valence-electron chi connectivity index (χ0n) is 11.1. The highest BCUT2D eigenvalue weighted by Crippen LogP contribution is 2.42. The maximum absolute atomic E-state index is 11.3. The van der Waals surface area contributed by atoms with Crippen molar-refractivity contribution in [3.8, 4) is 0 Å². The highest BCUT2D eigenvalue weighted by Gasteiger charge is 2.47. The normalized spacial score (nSPS) is 28.5. The van der Waals surface area contributed by atoms with E-state index in [2.05, 4.69) is 0 Å². The fourth-order valence-corrected chi connectivity index (χ4v) is 2.72. The van der Waals surface area contributed by atoms with Gasteiger partial charge in [-0.25, -0.2) is 0 Å². The molecule has 100 valence electrons. The molecule has 0 amide bonds. The van der Waals surface area contributed by atoms with Gasteiger partial charge in [0.15, 0.2) is 0 Å². The minimum atomic E-state index is -1.26. The third-order valence-corrected chi connectivity index (χ3v) is 3.90. The van der Waals surface area contributed by atoms with Crippen LogP contribution in [0.2, 0.25) is 0 Å². The summed E-state index contributed by atoms with van der Waals surface area (Å²) in [5, 5.41) is 11.3. The van der Waals surface area contributed by atoms with Crippen molar-refractivity contribution in [3.63, 3.8) is 0 Å². The van der Waals surface area contributed by atoms with E-state index in [9.17, 15) is 5.11 Å². The van der Waals surface area contributed by atoms with E-state index in [0.717, 1.165) is 11.1 Å². The van der Waals surface area contributed by atoms with Crippen molar-refractivity contribution in [2.45, 2.75) is 11.1 Å². The number of hydrogen-bond donors (Lipinski definition) is 2. The van der Waals surface area contributed by atoms with Crippen molar-refractivity contribution in [1.82, 2.24) is 0 Å². The molecule has 0 fully saturated rings. The summed E-state index contributed by atoms with van der Waals surface area (Å²) in [6, 6.07) is 19.2. The van der Waals surface area contributed by atoms with Gasteiger partial charge in [0, 0.05) is 0 Å². The van der Waals surface area contributed by atoms with Crippen LogP contribution in [0.25, 0.3) is 0 Å². The summed E-state index contributed by atoms with van der Waals surface area (Å²) < 4.78 is 0. The van der Waals surface area contributed by atoms with Crippen LogP contribution in [0.15, 0.2) is 85.0 Å². The zero-order valence-corrected chi connectivity index (χ0v) is 11.1. The fourth-order valence-electron chi connectivity index (χ4n) is 2.72. The molecule has 0 aromatic heterocycles. The molecule has 0 bridgehead atoms. The second-order valence-electron chi connectivity index (χ2n) is 5.09. The second-order valence-corrected chi connectivity index (χ2v) is 5.09. The van der Waals surface area contributed by atoms with E-state index >= 15 is 0 Å². The monoisotopic (exact) mass is 263 g/mol. The van der Waals surface area contributed by atoms with Gasteiger partial charge in [0.05, 0.1) is 5.54 Å². The second kappa shape index (κ2) is 4.75. The molecule has 2 heteroatoms. The van der Waals surface area contributed by atoms with Crippen molar-refractivity contribution in [3.05, 3.63) is 96.1 Å². The summed E-state index contributed by atoms with van der Waals surface area (Å²) in [7, 11) is 0. The molecule has 1 aliphatic carbocycles. The van der Waals surface area contributed by atoms with Gasteiger partial charge in [0.2, 0.25) is 0 Å². The molecular formula is C18H17NO. The van der Waals surface area contributed by atoms with E-state index in [4.69, 9.17) is 5.73 Å². The first-order valence-electron chi connectivity index (χ1n) is 6.66. The third-order valence-electron chi connectivity index (χ3n) is 3.90. The van der Waals surface area contributed by atoms with Crippen LogP contribution >= 0.6 is 0 Å². The van der Waals surface area contributed by atoms with Gasteiger partial charge in [0.1, 0.15) is 5.60 Å². The predicted octanol–water partition coefficient (Wildman–Crippen LogP) is 2.85. The lowest BCUT2D eigenvalue weighted by atomic mass is 9.69. The van der Waals surface area contributed by atoms with Gasteiger partial charge < -0.3 is 10.8 Å². The number of nitrogens with two attached hydrogens (primary N) is 1. The maximum atomic E-state index is 11.3. The lowest BCUT2D eigenvalue weighted by Crippen LogP contribution is -2.54. The number of allylic oxidation sites excluding steroid dienone is 2. The Balaban J connectivity index is 2.19. The van der Waals surface area contributed by atoms with Crippen molar-refractivity contribution in [1.29, 1.82) is 0 Å². The van der Waals surface area contributed by atoms with Crippen LogP contribution in [0.4, 0.5) is 0 Å². The molecule has 2 aromatic rings. The molecule has 2 nitrogen and oxygen atoms in total. The predicted molar refractivity (Wildman–Crippen MR) is 80.9 cm³/mol. The Hall–Kier alpha value is -2.16. The van der Waals surface area contributed by atoms with Crippen molar-refractivity contribution < 1.29 is 5.11 Å². The molecule has 0 unspecified atom stereocenters. The van der Waals surface area contributed by atoms with Gasteiger partial charge in [-0.1, -0.05) is 78.9 Å². The van der Waals surface area contributed by atoms with Crippen LogP contribution in [-0.4, -0.2) is 5.11 Å². The molecule has 20 heavy (non-hydrogen) atoms. The first-order chi connectivity index (χ1) is 9.67. The SMILES string of the molecule is N[C@@]1(c2ccccc2)C=CC=C[C@]1(O)c1ccccc1. The highest BCUT2D eigenvalue weighted by atomic mass is 16.3. The molecule has 0 saturated heterocycles.